The highest BCUT2D eigenvalue weighted by molar-refractivity contribution is 7.14. The molecule has 0 atom stereocenters. The van der Waals surface area contributed by atoms with Crippen LogP contribution in [0.3, 0.4) is 0 Å². The molecule has 0 aliphatic rings. The average Bonchev–Trinajstić information content (AvgIpc) is 3.22. The van der Waals surface area contributed by atoms with Crippen molar-refractivity contribution < 1.29 is 4.79 Å². The number of H-pyrrole nitrogens is 1. The molecule has 136 valence electrons. The van der Waals surface area contributed by atoms with Crippen LogP contribution in [0.25, 0.3) is 17.3 Å². The number of nitrogens with one attached hydrogen (secondary N) is 2. The molecule has 1 amide bonds. The molecule has 2 N–H and O–H groups in total. The average molecular weight is 377 g/mol. The number of benzene rings is 1. The van der Waals surface area contributed by atoms with Crippen molar-refractivity contribution in [3.63, 3.8) is 0 Å². The molecule has 0 aliphatic carbocycles. The van der Waals surface area contributed by atoms with Crippen LogP contribution in [-0.4, -0.2) is 21.1 Å². The minimum Gasteiger partial charge on any atom is -0.297 e. The fourth-order valence-electron chi connectivity index (χ4n) is 2.70. The van der Waals surface area contributed by atoms with Gasteiger partial charge >= 0.3 is 0 Å². The van der Waals surface area contributed by atoms with Gasteiger partial charge < -0.3 is 0 Å². The minimum atomic E-state index is -0.487. The molecule has 0 bridgehead atoms. The Labute approximate surface area is 161 Å². The molecular formula is C20H19N5OS. The molecule has 0 spiro atoms. The minimum absolute atomic E-state index is 0.00564. The normalized spacial score (nSPS) is 11.3. The van der Waals surface area contributed by atoms with Crippen LogP contribution in [0.4, 0.5) is 5.13 Å². The summed E-state index contributed by atoms with van der Waals surface area (Å²) in [6.45, 7) is 7.72. The molecule has 6 nitrogen and oxygen atoms in total. The van der Waals surface area contributed by atoms with Gasteiger partial charge in [-0.1, -0.05) is 17.7 Å². The van der Waals surface area contributed by atoms with Gasteiger partial charge in [0.25, 0.3) is 5.91 Å². The van der Waals surface area contributed by atoms with Crippen LogP contribution in [0.15, 0.2) is 29.2 Å². The summed E-state index contributed by atoms with van der Waals surface area (Å²) in [6.07, 6.45) is 1.54. The highest BCUT2D eigenvalue weighted by atomic mass is 32.1. The van der Waals surface area contributed by atoms with Crippen LogP contribution in [0, 0.1) is 39.0 Å². The zero-order valence-electron chi connectivity index (χ0n) is 15.5. The van der Waals surface area contributed by atoms with E-state index in [0.717, 1.165) is 39.3 Å². The number of carbonyl (C=O) groups is 1. The van der Waals surface area contributed by atoms with E-state index in [9.17, 15) is 10.1 Å². The molecule has 3 aromatic rings. The zero-order chi connectivity index (χ0) is 19.6. The summed E-state index contributed by atoms with van der Waals surface area (Å²) in [5.74, 6) is -0.487. The second-order valence-electron chi connectivity index (χ2n) is 6.33. The smallest absolute Gasteiger partial charge is 0.268 e. The number of thiazole rings is 1. The number of hydrogen-bond donors (Lipinski definition) is 2. The van der Waals surface area contributed by atoms with Gasteiger partial charge in [-0.15, -0.1) is 11.3 Å². The van der Waals surface area contributed by atoms with E-state index in [1.54, 1.807) is 6.08 Å². The maximum absolute atomic E-state index is 12.5. The van der Waals surface area contributed by atoms with E-state index in [-0.39, 0.29) is 5.57 Å². The highest BCUT2D eigenvalue weighted by Gasteiger charge is 2.15. The Hall–Kier alpha value is -3.24. The Morgan fingerprint density at radius 3 is 2.74 bits per heavy atom. The van der Waals surface area contributed by atoms with Crippen molar-refractivity contribution in [1.29, 1.82) is 5.26 Å². The van der Waals surface area contributed by atoms with Crippen molar-refractivity contribution in [1.82, 2.24) is 15.2 Å². The van der Waals surface area contributed by atoms with Crippen LogP contribution in [-0.2, 0) is 4.79 Å². The van der Waals surface area contributed by atoms with E-state index in [4.69, 9.17) is 0 Å². The summed E-state index contributed by atoms with van der Waals surface area (Å²) >= 11 is 1.33. The first-order chi connectivity index (χ1) is 12.9. The van der Waals surface area contributed by atoms with E-state index in [2.05, 4.69) is 32.6 Å². The molecule has 0 aliphatic heterocycles. The van der Waals surface area contributed by atoms with Gasteiger partial charge in [-0.3, -0.25) is 15.2 Å². The number of aromatic nitrogens is 3. The van der Waals surface area contributed by atoms with Crippen molar-refractivity contribution in [3.8, 4) is 17.3 Å². The second kappa shape index (κ2) is 7.56. The third-order valence-corrected chi connectivity index (χ3v) is 4.99. The predicted molar refractivity (Wildman–Crippen MR) is 107 cm³/mol. The number of aromatic amines is 1. The second-order valence-corrected chi connectivity index (χ2v) is 7.19. The summed E-state index contributed by atoms with van der Waals surface area (Å²) in [7, 11) is 0. The van der Waals surface area contributed by atoms with Crippen LogP contribution >= 0.6 is 11.3 Å². The Morgan fingerprint density at radius 2 is 2.07 bits per heavy atom. The summed E-state index contributed by atoms with van der Waals surface area (Å²) in [5, 5.41) is 21.4. The van der Waals surface area contributed by atoms with E-state index in [0.29, 0.717) is 5.13 Å². The molecule has 2 heterocycles. The fraction of sp³-hybridized carbons (Fsp3) is 0.200. The number of carbonyl (C=O) groups excluding carboxylic acids is 1. The molecule has 27 heavy (non-hydrogen) atoms. The van der Waals surface area contributed by atoms with Gasteiger partial charge in [-0.2, -0.15) is 10.4 Å². The number of nitrogens with zero attached hydrogens (tertiary/aromatic N) is 3. The van der Waals surface area contributed by atoms with Crippen molar-refractivity contribution in [2.45, 2.75) is 27.7 Å². The highest BCUT2D eigenvalue weighted by Crippen LogP contribution is 2.28. The number of anilines is 1. The topological polar surface area (TPSA) is 94.5 Å². The first kappa shape index (κ1) is 18.5. The van der Waals surface area contributed by atoms with Gasteiger partial charge in [0, 0.05) is 22.2 Å². The van der Waals surface area contributed by atoms with Gasteiger partial charge in [0.15, 0.2) is 5.13 Å². The zero-order valence-corrected chi connectivity index (χ0v) is 16.4. The van der Waals surface area contributed by atoms with Gasteiger partial charge in [0.05, 0.1) is 11.4 Å². The third-order valence-electron chi connectivity index (χ3n) is 4.23. The largest absolute Gasteiger partial charge is 0.297 e. The third kappa shape index (κ3) is 3.96. The number of nitriles is 1. The van der Waals surface area contributed by atoms with Crippen molar-refractivity contribution >= 4 is 28.5 Å². The van der Waals surface area contributed by atoms with Gasteiger partial charge in [0.1, 0.15) is 11.6 Å². The molecule has 3 rings (SSSR count). The molecule has 1 aromatic carbocycles. The lowest BCUT2D eigenvalue weighted by atomic mass is 10.0. The van der Waals surface area contributed by atoms with Gasteiger partial charge in [-0.05, 0) is 45.4 Å². The Kier molecular flexibility index (Phi) is 5.19. The number of aryl methyl sites for hydroxylation is 4. The fourth-order valence-corrected chi connectivity index (χ4v) is 3.40. The molecule has 0 saturated heterocycles. The quantitative estimate of drug-likeness (QED) is 0.523. The summed E-state index contributed by atoms with van der Waals surface area (Å²) in [5.41, 5.74) is 6.40. The number of hydrogen-bond acceptors (Lipinski definition) is 5. The Bertz CT molecular complexity index is 1060. The number of rotatable bonds is 4. The first-order valence-electron chi connectivity index (χ1n) is 8.37. The molecule has 0 fully saturated rings. The molecule has 0 unspecified atom stereocenters. The summed E-state index contributed by atoms with van der Waals surface area (Å²) in [6, 6.07) is 8.13. The summed E-state index contributed by atoms with van der Waals surface area (Å²) in [4.78, 5) is 17.0. The molecule has 7 heteroatoms. The molecule has 2 aromatic heterocycles. The maximum atomic E-state index is 12.5. The monoisotopic (exact) mass is 377 g/mol. The first-order valence-corrected chi connectivity index (χ1v) is 9.25. The standard InChI is InChI=1S/C20H19N5OS/c1-11-5-6-12(2)16(7-11)18-10-27-20(22-18)23-19(26)15(9-21)8-17-13(3)24-25-14(17)4/h5-8,10H,1-4H3,(H,24,25)(H,22,23,26)/b15-8+. The van der Waals surface area contributed by atoms with Crippen molar-refractivity contribution in [3.05, 3.63) is 57.2 Å². The van der Waals surface area contributed by atoms with Crippen LogP contribution in [0.5, 0.6) is 0 Å². The van der Waals surface area contributed by atoms with Gasteiger partial charge in [-0.25, -0.2) is 4.98 Å². The van der Waals surface area contributed by atoms with Crippen molar-refractivity contribution in [2.75, 3.05) is 5.32 Å². The van der Waals surface area contributed by atoms with E-state index in [1.807, 2.05) is 45.2 Å². The predicted octanol–water partition coefficient (Wildman–Crippen LogP) is 4.31. The molecule has 0 saturated carbocycles. The van der Waals surface area contributed by atoms with Crippen LogP contribution < -0.4 is 5.32 Å². The maximum Gasteiger partial charge on any atom is 0.268 e. The molecule has 0 radical (unpaired) electrons. The summed E-state index contributed by atoms with van der Waals surface area (Å²) < 4.78 is 0. The van der Waals surface area contributed by atoms with E-state index >= 15 is 0 Å². The number of amides is 1. The lowest BCUT2D eigenvalue weighted by Crippen LogP contribution is -2.13. The van der Waals surface area contributed by atoms with E-state index < -0.39 is 5.91 Å². The van der Waals surface area contributed by atoms with Crippen molar-refractivity contribution in [2.24, 2.45) is 0 Å². The van der Waals surface area contributed by atoms with Crippen LogP contribution in [0.2, 0.25) is 0 Å². The van der Waals surface area contributed by atoms with Crippen LogP contribution in [0.1, 0.15) is 28.1 Å². The SMILES string of the molecule is Cc1ccc(C)c(-c2csc(NC(=O)/C(C#N)=C/c3c(C)n[nH]c3C)n2)c1. The lowest BCUT2D eigenvalue weighted by molar-refractivity contribution is -0.112. The lowest BCUT2D eigenvalue weighted by Gasteiger charge is -2.04. The van der Waals surface area contributed by atoms with E-state index in [1.165, 1.54) is 11.3 Å². The Morgan fingerprint density at radius 1 is 1.30 bits per heavy atom. The Balaban J connectivity index is 1.83. The van der Waals surface area contributed by atoms with Gasteiger partial charge in [0.2, 0.25) is 0 Å². The molecular weight excluding hydrogens is 358 g/mol.